The second-order valence-electron chi connectivity index (χ2n) is 11.8. The number of rotatable bonds is 14. The second-order valence-corrected chi connectivity index (χ2v) is 11.8. The fraction of sp³-hybridized carbons (Fsp3) is 0.371. The van der Waals surface area contributed by atoms with Crippen molar-refractivity contribution in [2.24, 2.45) is 11.8 Å². The summed E-state index contributed by atoms with van der Waals surface area (Å²) >= 11 is 0. The number of aryl methyl sites for hydroxylation is 1. The highest BCUT2D eigenvalue weighted by molar-refractivity contribution is 5.95. The minimum atomic E-state index is -1.05. The molecule has 0 spiro atoms. The van der Waals surface area contributed by atoms with Crippen molar-refractivity contribution < 1.29 is 29.4 Å². The Bertz CT molecular complexity index is 1420. The number of benzene rings is 3. The molecule has 0 aliphatic carbocycles. The maximum Gasteiger partial charge on any atom is 0.243 e. The molecule has 0 unspecified atom stereocenters. The summed E-state index contributed by atoms with van der Waals surface area (Å²) < 4.78 is 0. The molecule has 3 rings (SSSR count). The fourth-order valence-corrected chi connectivity index (χ4v) is 4.62. The largest absolute Gasteiger partial charge is 0.508 e. The number of carbonyl (C=O) groups is 4. The number of amides is 3. The van der Waals surface area contributed by atoms with Crippen LogP contribution in [0.3, 0.4) is 0 Å². The number of phenols is 2. The molecule has 3 aromatic rings. The summed E-state index contributed by atoms with van der Waals surface area (Å²) in [6, 6.07) is 17.4. The van der Waals surface area contributed by atoms with Gasteiger partial charge in [-0.25, -0.2) is 0 Å². The van der Waals surface area contributed by atoms with Crippen LogP contribution >= 0.6 is 0 Å². The molecule has 234 valence electrons. The second kappa shape index (κ2) is 15.7. The molecule has 9 heteroatoms. The number of Topliss-reactive ketones (excluding diaryl/α,β-unsaturated/α-hetero) is 1. The molecule has 0 aromatic heterocycles. The van der Waals surface area contributed by atoms with Crippen molar-refractivity contribution in [1.82, 2.24) is 16.0 Å². The molecule has 0 radical (unpaired) electrons. The van der Waals surface area contributed by atoms with E-state index < -0.39 is 29.9 Å². The standard InChI is InChI=1S/C35H43N3O6/c1-21(2)32(41)29(18-25-10-14-27(39)15-11-25)36-34(43)31(19-24-8-6-23(5)7-9-24)38-35(44)30(37-33(42)22(3)4)20-26-12-16-28(40)17-13-26/h6-17,21-22,29-31,39-40H,18-20H2,1-5H3,(H,36,43)(H,37,42)(H,38,44)/t29-,30-,31-/m0/s1. The normalized spacial score (nSPS) is 13.2. The van der Waals surface area contributed by atoms with E-state index in [0.29, 0.717) is 5.56 Å². The van der Waals surface area contributed by atoms with E-state index in [1.807, 2.05) is 31.2 Å². The van der Waals surface area contributed by atoms with Gasteiger partial charge in [-0.1, -0.05) is 81.8 Å². The van der Waals surface area contributed by atoms with Crippen LogP contribution in [0, 0.1) is 18.8 Å². The molecule has 0 aliphatic heterocycles. The van der Waals surface area contributed by atoms with Crippen molar-refractivity contribution in [1.29, 1.82) is 0 Å². The van der Waals surface area contributed by atoms with E-state index in [2.05, 4.69) is 16.0 Å². The quantitative estimate of drug-likeness (QED) is 0.190. The summed E-state index contributed by atoms with van der Waals surface area (Å²) in [6.07, 6.45) is 0.505. The van der Waals surface area contributed by atoms with E-state index in [9.17, 15) is 29.4 Å². The number of aromatic hydroxyl groups is 2. The Labute approximate surface area is 259 Å². The van der Waals surface area contributed by atoms with Crippen LogP contribution in [0.5, 0.6) is 11.5 Å². The third-order valence-electron chi connectivity index (χ3n) is 7.33. The zero-order chi connectivity index (χ0) is 32.4. The van der Waals surface area contributed by atoms with Crippen molar-refractivity contribution in [3.8, 4) is 11.5 Å². The van der Waals surface area contributed by atoms with E-state index in [1.54, 1.807) is 52.0 Å². The van der Waals surface area contributed by atoms with Crippen molar-refractivity contribution in [3.05, 3.63) is 95.1 Å². The number of ketones is 1. The van der Waals surface area contributed by atoms with Crippen molar-refractivity contribution in [3.63, 3.8) is 0 Å². The van der Waals surface area contributed by atoms with Crippen LogP contribution < -0.4 is 16.0 Å². The minimum absolute atomic E-state index is 0.0774. The summed E-state index contributed by atoms with van der Waals surface area (Å²) in [6.45, 7) is 8.91. The van der Waals surface area contributed by atoms with Crippen LogP contribution in [-0.2, 0) is 38.4 Å². The number of nitrogens with one attached hydrogen (secondary N) is 3. The number of hydrogen-bond acceptors (Lipinski definition) is 6. The van der Waals surface area contributed by atoms with Crippen LogP contribution in [0.15, 0.2) is 72.8 Å². The molecule has 3 amide bonds. The predicted octanol–water partition coefficient (Wildman–Crippen LogP) is 3.77. The first-order valence-corrected chi connectivity index (χ1v) is 14.9. The summed E-state index contributed by atoms with van der Waals surface area (Å²) in [5.74, 6) is -2.13. The van der Waals surface area contributed by atoms with E-state index in [0.717, 1.165) is 16.7 Å². The molecule has 9 nitrogen and oxygen atoms in total. The molecule has 0 saturated carbocycles. The van der Waals surface area contributed by atoms with E-state index in [1.165, 1.54) is 24.3 Å². The molecular weight excluding hydrogens is 558 g/mol. The van der Waals surface area contributed by atoms with Gasteiger partial charge in [0.05, 0.1) is 6.04 Å². The Kier molecular flexibility index (Phi) is 12.1. The van der Waals surface area contributed by atoms with Gasteiger partial charge < -0.3 is 26.2 Å². The Morgan fingerprint density at radius 1 is 0.523 bits per heavy atom. The molecule has 0 bridgehead atoms. The van der Waals surface area contributed by atoms with Gasteiger partial charge in [0.25, 0.3) is 0 Å². The third kappa shape index (κ3) is 10.3. The van der Waals surface area contributed by atoms with Crippen molar-refractivity contribution >= 4 is 23.5 Å². The SMILES string of the molecule is Cc1ccc(C[C@H](NC(=O)[C@H](Cc2ccc(O)cc2)NC(=O)C(C)C)C(=O)N[C@@H](Cc2ccc(O)cc2)C(=O)C(C)C)cc1. The zero-order valence-corrected chi connectivity index (χ0v) is 26.0. The number of carbonyl (C=O) groups excluding carboxylic acids is 4. The lowest BCUT2D eigenvalue weighted by Gasteiger charge is -2.26. The molecule has 0 heterocycles. The van der Waals surface area contributed by atoms with Crippen LogP contribution in [0.4, 0.5) is 0 Å². The smallest absolute Gasteiger partial charge is 0.243 e. The highest BCUT2D eigenvalue weighted by Crippen LogP contribution is 2.15. The molecular formula is C35H43N3O6. The van der Waals surface area contributed by atoms with E-state index in [4.69, 9.17) is 0 Å². The lowest BCUT2D eigenvalue weighted by Crippen LogP contribution is -2.57. The fourth-order valence-electron chi connectivity index (χ4n) is 4.62. The third-order valence-corrected chi connectivity index (χ3v) is 7.33. The Hall–Kier alpha value is -4.66. The van der Waals surface area contributed by atoms with E-state index >= 15 is 0 Å². The van der Waals surface area contributed by atoms with Gasteiger partial charge in [-0.2, -0.15) is 0 Å². The molecule has 3 atom stereocenters. The number of hydrogen-bond donors (Lipinski definition) is 5. The Balaban J connectivity index is 1.89. The van der Waals surface area contributed by atoms with Gasteiger partial charge in [0.2, 0.25) is 17.7 Å². The first-order chi connectivity index (χ1) is 20.8. The van der Waals surface area contributed by atoms with Gasteiger partial charge >= 0.3 is 0 Å². The highest BCUT2D eigenvalue weighted by atomic mass is 16.3. The Morgan fingerprint density at radius 3 is 1.25 bits per heavy atom. The highest BCUT2D eigenvalue weighted by Gasteiger charge is 2.31. The summed E-state index contributed by atoms with van der Waals surface area (Å²) in [4.78, 5) is 53.4. The molecule has 5 N–H and O–H groups in total. The van der Waals surface area contributed by atoms with Gasteiger partial charge in [-0.15, -0.1) is 0 Å². The van der Waals surface area contributed by atoms with Gasteiger partial charge in [-0.3, -0.25) is 19.2 Å². The molecule has 0 fully saturated rings. The molecule has 44 heavy (non-hydrogen) atoms. The summed E-state index contributed by atoms with van der Waals surface area (Å²) in [5, 5.41) is 27.8. The Morgan fingerprint density at radius 2 is 0.864 bits per heavy atom. The van der Waals surface area contributed by atoms with Gasteiger partial charge in [0.15, 0.2) is 5.78 Å². The topological polar surface area (TPSA) is 145 Å². The lowest BCUT2D eigenvalue weighted by molar-refractivity contribution is -0.134. The van der Waals surface area contributed by atoms with Gasteiger partial charge in [-0.05, 0) is 54.3 Å². The first kappa shape index (κ1) is 33.8. The van der Waals surface area contributed by atoms with Crippen molar-refractivity contribution in [2.75, 3.05) is 0 Å². The maximum atomic E-state index is 13.8. The molecule has 0 saturated heterocycles. The average molecular weight is 602 g/mol. The maximum absolute atomic E-state index is 13.8. The monoisotopic (exact) mass is 601 g/mol. The van der Waals surface area contributed by atoms with Crippen LogP contribution in [0.25, 0.3) is 0 Å². The number of phenolic OH excluding ortho intramolecular Hbond substituents is 2. The van der Waals surface area contributed by atoms with Gasteiger partial charge in [0.1, 0.15) is 23.6 Å². The predicted molar refractivity (Wildman–Crippen MR) is 169 cm³/mol. The van der Waals surface area contributed by atoms with Crippen LogP contribution in [0.2, 0.25) is 0 Å². The van der Waals surface area contributed by atoms with Crippen LogP contribution in [-0.4, -0.2) is 51.8 Å². The lowest BCUT2D eigenvalue weighted by atomic mass is 9.94. The summed E-state index contributed by atoms with van der Waals surface area (Å²) in [7, 11) is 0. The minimum Gasteiger partial charge on any atom is -0.508 e. The molecule has 3 aromatic carbocycles. The van der Waals surface area contributed by atoms with E-state index in [-0.39, 0.29) is 54.3 Å². The van der Waals surface area contributed by atoms with Crippen LogP contribution in [0.1, 0.15) is 49.9 Å². The summed E-state index contributed by atoms with van der Waals surface area (Å²) in [5.41, 5.74) is 3.32. The zero-order valence-electron chi connectivity index (χ0n) is 26.0. The average Bonchev–Trinajstić information content (AvgIpc) is 2.98. The van der Waals surface area contributed by atoms with Gasteiger partial charge in [0, 0.05) is 24.7 Å². The molecule has 0 aliphatic rings. The van der Waals surface area contributed by atoms with Crippen molar-refractivity contribution in [2.45, 2.75) is 72.0 Å². The first-order valence-electron chi connectivity index (χ1n) is 14.9.